The number of likely N-dealkylation sites (tertiary alicyclic amines) is 1. The minimum atomic E-state index is -0.0124. The number of hydrogen-bond donors (Lipinski definition) is 1. The maximum atomic E-state index is 9.64. The number of hydrogen-bond acceptors (Lipinski definition) is 3. The third-order valence-corrected chi connectivity index (χ3v) is 4.68. The van der Waals surface area contributed by atoms with Gasteiger partial charge in [-0.2, -0.15) is 0 Å². The van der Waals surface area contributed by atoms with Crippen molar-refractivity contribution < 1.29 is 9.84 Å². The van der Waals surface area contributed by atoms with Crippen LogP contribution >= 0.6 is 0 Å². The number of ether oxygens (including phenoxy) is 1. The summed E-state index contributed by atoms with van der Waals surface area (Å²) in [6.45, 7) is 8.10. The van der Waals surface area contributed by atoms with E-state index in [-0.39, 0.29) is 12.0 Å². The first kappa shape index (κ1) is 14.1. The highest BCUT2D eigenvalue weighted by atomic mass is 16.5. The molecule has 0 bridgehead atoms. The lowest BCUT2D eigenvalue weighted by Crippen LogP contribution is -2.53. The fourth-order valence-corrected chi connectivity index (χ4v) is 3.65. The Balaban J connectivity index is 1.78. The molecular weight excluding hydrogens is 250 g/mol. The van der Waals surface area contributed by atoms with Crippen molar-refractivity contribution in [2.75, 3.05) is 32.9 Å². The Kier molecular flexibility index (Phi) is 3.85. The highest BCUT2D eigenvalue weighted by Gasteiger charge is 2.42. The minimum absolute atomic E-state index is 0.0124. The summed E-state index contributed by atoms with van der Waals surface area (Å²) in [5.74, 6) is 0. The number of benzene rings is 1. The van der Waals surface area contributed by atoms with Gasteiger partial charge in [-0.05, 0) is 38.8 Å². The molecule has 2 saturated heterocycles. The predicted octanol–water partition coefficient (Wildman–Crippen LogP) is 2.45. The third kappa shape index (κ3) is 2.62. The average Bonchev–Trinajstić information content (AvgIpc) is 2.80. The van der Waals surface area contributed by atoms with E-state index >= 15 is 0 Å². The number of rotatable bonds is 4. The molecule has 2 fully saturated rings. The second-order valence-electron chi connectivity index (χ2n) is 6.70. The maximum Gasteiger partial charge on any atom is 0.0579 e. The van der Waals surface area contributed by atoms with E-state index < -0.39 is 0 Å². The molecule has 0 spiro atoms. The van der Waals surface area contributed by atoms with Crippen molar-refractivity contribution in [3.63, 3.8) is 0 Å². The molecule has 2 aliphatic rings. The number of aryl methyl sites for hydroxylation is 2. The molecule has 1 unspecified atom stereocenters. The highest BCUT2D eigenvalue weighted by molar-refractivity contribution is 5.31. The van der Waals surface area contributed by atoms with Crippen LogP contribution in [0.3, 0.4) is 0 Å². The van der Waals surface area contributed by atoms with Crippen LogP contribution in [0.4, 0.5) is 0 Å². The van der Waals surface area contributed by atoms with Crippen LogP contribution in [0, 0.1) is 19.3 Å². The summed E-state index contributed by atoms with van der Waals surface area (Å²) >= 11 is 0. The molecule has 2 aliphatic heterocycles. The van der Waals surface area contributed by atoms with E-state index in [1.807, 2.05) is 0 Å². The van der Waals surface area contributed by atoms with Gasteiger partial charge in [-0.15, -0.1) is 0 Å². The molecule has 1 N–H and O–H groups in total. The molecule has 3 rings (SSSR count). The summed E-state index contributed by atoms with van der Waals surface area (Å²) in [6.07, 6.45) is 2.48. The fourth-order valence-electron chi connectivity index (χ4n) is 3.65. The van der Waals surface area contributed by atoms with E-state index in [1.54, 1.807) is 0 Å². The predicted molar refractivity (Wildman–Crippen MR) is 79.8 cm³/mol. The lowest BCUT2D eigenvalue weighted by atomic mass is 9.86. The zero-order valence-corrected chi connectivity index (χ0v) is 12.6. The third-order valence-electron chi connectivity index (χ3n) is 4.68. The van der Waals surface area contributed by atoms with E-state index in [1.165, 1.54) is 29.5 Å². The summed E-state index contributed by atoms with van der Waals surface area (Å²) in [5.41, 5.74) is 4.11. The van der Waals surface area contributed by atoms with Crippen molar-refractivity contribution in [2.45, 2.75) is 32.7 Å². The SMILES string of the molecule is Cc1cc(C)cc(C2CCCN2CC2(CO)COC2)c1. The Morgan fingerprint density at radius 1 is 1.25 bits per heavy atom. The molecule has 0 aromatic heterocycles. The average molecular weight is 275 g/mol. The summed E-state index contributed by atoms with van der Waals surface area (Å²) in [5, 5.41) is 9.64. The summed E-state index contributed by atoms with van der Waals surface area (Å²) in [6, 6.07) is 7.38. The number of nitrogens with zero attached hydrogens (tertiary/aromatic N) is 1. The van der Waals surface area contributed by atoms with Gasteiger partial charge >= 0.3 is 0 Å². The Bertz CT molecular complexity index is 456. The van der Waals surface area contributed by atoms with E-state index in [9.17, 15) is 5.11 Å². The van der Waals surface area contributed by atoms with Crippen molar-refractivity contribution >= 4 is 0 Å². The van der Waals surface area contributed by atoms with Gasteiger partial charge in [0, 0.05) is 12.6 Å². The van der Waals surface area contributed by atoms with Crippen molar-refractivity contribution in [2.24, 2.45) is 5.41 Å². The van der Waals surface area contributed by atoms with Crippen LogP contribution in [-0.4, -0.2) is 42.9 Å². The number of aliphatic hydroxyl groups is 1. The van der Waals surface area contributed by atoms with Crippen LogP contribution in [0.2, 0.25) is 0 Å². The normalized spacial score (nSPS) is 25.6. The van der Waals surface area contributed by atoms with Gasteiger partial charge in [0.05, 0.1) is 25.2 Å². The van der Waals surface area contributed by atoms with Crippen LogP contribution < -0.4 is 0 Å². The largest absolute Gasteiger partial charge is 0.396 e. The summed E-state index contributed by atoms with van der Waals surface area (Å²) < 4.78 is 5.33. The molecule has 0 aliphatic carbocycles. The van der Waals surface area contributed by atoms with Crippen LogP contribution in [0.15, 0.2) is 18.2 Å². The zero-order valence-electron chi connectivity index (χ0n) is 12.6. The molecule has 1 aromatic carbocycles. The Morgan fingerprint density at radius 2 is 1.95 bits per heavy atom. The van der Waals surface area contributed by atoms with E-state index in [0.29, 0.717) is 19.3 Å². The van der Waals surface area contributed by atoms with Crippen molar-refractivity contribution in [3.05, 3.63) is 34.9 Å². The highest BCUT2D eigenvalue weighted by Crippen LogP contribution is 2.37. The Hall–Kier alpha value is -0.900. The molecule has 1 atom stereocenters. The zero-order chi connectivity index (χ0) is 14.2. The van der Waals surface area contributed by atoms with Gasteiger partial charge in [0.1, 0.15) is 0 Å². The molecule has 1 aromatic rings. The lowest BCUT2D eigenvalue weighted by molar-refractivity contribution is -0.149. The van der Waals surface area contributed by atoms with Gasteiger partial charge in [0.25, 0.3) is 0 Å². The number of aliphatic hydroxyl groups excluding tert-OH is 1. The first-order valence-electron chi connectivity index (χ1n) is 7.63. The lowest BCUT2D eigenvalue weighted by Gasteiger charge is -2.43. The van der Waals surface area contributed by atoms with Gasteiger partial charge in [0.15, 0.2) is 0 Å². The van der Waals surface area contributed by atoms with E-state index in [0.717, 1.165) is 13.1 Å². The van der Waals surface area contributed by atoms with Crippen LogP contribution in [0.1, 0.15) is 35.6 Å². The van der Waals surface area contributed by atoms with Gasteiger partial charge in [-0.25, -0.2) is 0 Å². The second kappa shape index (κ2) is 5.47. The van der Waals surface area contributed by atoms with Crippen LogP contribution in [0.5, 0.6) is 0 Å². The van der Waals surface area contributed by atoms with E-state index in [2.05, 4.69) is 36.9 Å². The standard InChI is InChI=1S/C17H25NO2/c1-13-6-14(2)8-15(7-13)16-4-3-5-18(16)9-17(10-19)11-20-12-17/h6-8,16,19H,3-5,9-12H2,1-2H3. The quantitative estimate of drug-likeness (QED) is 0.916. The molecule has 0 saturated carbocycles. The molecule has 3 heteroatoms. The maximum absolute atomic E-state index is 9.64. The monoisotopic (exact) mass is 275 g/mol. The summed E-state index contributed by atoms with van der Waals surface area (Å²) in [7, 11) is 0. The molecule has 3 nitrogen and oxygen atoms in total. The van der Waals surface area contributed by atoms with E-state index in [4.69, 9.17) is 4.74 Å². The topological polar surface area (TPSA) is 32.7 Å². The molecule has 0 radical (unpaired) electrons. The Labute approximate surface area is 121 Å². The first-order chi connectivity index (χ1) is 9.62. The smallest absolute Gasteiger partial charge is 0.0579 e. The Morgan fingerprint density at radius 3 is 2.50 bits per heavy atom. The first-order valence-corrected chi connectivity index (χ1v) is 7.63. The van der Waals surface area contributed by atoms with Crippen LogP contribution in [0.25, 0.3) is 0 Å². The van der Waals surface area contributed by atoms with Crippen molar-refractivity contribution in [3.8, 4) is 0 Å². The minimum Gasteiger partial charge on any atom is -0.396 e. The van der Waals surface area contributed by atoms with Crippen molar-refractivity contribution in [1.29, 1.82) is 0 Å². The molecular formula is C17H25NO2. The van der Waals surface area contributed by atoms with Gasteiger partial charge < -0.3 is 9.84 Å². The van der Waals surface area contributed by atoms with Gasteiger partial charge in [0.2, 0.25) is 0 Å². The molecule has 0 amide bonds. The molecule has 20 heavy (non-hydrogen) atoms. The van der Waals surface area contributed by atoms with Gasteiger partial charge in [-0.1, -0.05) is 29.3 Å². The second-order valence-corrected chi connectivity index (χ2v) is 6.70. The molecule has 110 valence electrons. The fraction of sp³-hybridized carbons (Fsp3) is 0.647. The van der Waals surface area contributed by atoms with Crippen molar-refractivity contribution in [1.82, 2.24) is 4.90 Å². The summed E-state index contributed by atoms with van der Waals surface area (Å²) in [4.78, 5) is 2.55. The molecule has 2 heterocycles. The van der Waals surface area contributed by atoms with Gasteiger partial charge in [-0.3, -0.25) is 4.90 Å². The van der Waals surface area contributed by atoms with Crippen LogP contribution in [-0.2, 0) is 4.74 Å².